The normalized spacial score (nSPS) is 22.3. The Bertz CT molecular complexity index is 596. The summed E-state index contributed by atoms with van der Waals surface area (Å²) in [5.74, 6) is 0.327. The first kappa shape index (κ1) is 14.8. The summed E-state index contributed by atoms with van der Waals surface area (Å²) in [7, 11) is 0. The lowest BCUT2D eigenvalue weighted by molar-refractivity contribution is -0.120. The van der Waals surface area contributed by atoms with Crippen molar-refractivity contribution in [2.45, 2.75) is 42.2 Å². The van der Waals surface area contributed by atoms with Gasteiger partial charge in [0.05, 0.1) is 28.1 Å². The molecule has 112 valence electrons. The van der Waals surface area contributed by atoms with Crippen molar-refractivity contribution < 1.29 is 9.90 Å². The second-order valence-electron chi connectivity index (χ2n) is 5.26. The number of benzene rings is 1. The maximum absolute atomic E-state index is 12.0. The van der Waals surface area contributed by atoms with Crippen LogP contribution in [0.2, 0.25) is 0 Å². The molecule has 1 heterocycles. The number of amides is 1. The lowest BCUT2D eigenvalue weighted by Crippen LogP contribution is -2.45. The van der Waals surface area contributed by atoms with Crippen molar-refractivity contribution in [1.29, 1.82) is 0 Å². The SMILES string of the molecule is O=C(CSc1nc2ccccc2s1)N[C@@H]1CCCC[C@H]1O. The fraction of sp³-hybridized carbons (Fsp3) is 0.467. The average molecular weight is 322 g/mol. The van der Waals surface area contributed by atoms with Crippen molar-refractivity contribution in [2.24, 2.45) is 0 Å². The maximum atomic E-state index is 12.0. The monoisotopic (exact) mass is 322 g/mol. The number of carbonyl (C=O) groups is 1. The molecule has 0 spiro atoms. The van der Waals surface area contributed by atoms with E-state index in [0.29, 0.717) is 5.75 Å². The Morgan fingerprint density at radius 3 is 3.00 bits per heavy atom. The van der Waals surface area contributed by atoms with E-state index in [1.54, 1.807) is 11.3 Å². The number of nitrogens with one attached hydrogen (secondary N) is 1. The molecule has 1 aliphatic rings. The molecule has 3 rings (SSSR count). The molecule has 0 aliphatic heterocycles. The number of rotatable bonds is 4. The van der Waals surface area contributed by atoms with Crippen molar-refractivity contribution in [3.63, 3.8) is 0 Å². The van der Waals surface area contributed by atoms with Crippen LogP contribution in [0.4, 0.5) is 0 Å². The number of hydrogen-bond donors (Lipinski definition) is 2. The van der Waals surface area contributed by atoms with E-state index in [0.717, 1.165) is 40.2 Å². The largest absolute Gasteiger partial charge is 0.391 e. The first-order valence-corrected chi connectivity index (χ1v) is 8.98. The number of thiazole rings is 1. The van der Waals surface area contributed by atoms with Crippen LogP contribution in [0.5, 0.6) is 0 Å². The van der Waals surface area contributed by atoms with Gasteiger partial charge in [-0.3, -0.25) is 4.79 Å². The number of carbonyl (C=O) groups excluding carboxylic acids is 1. The number of hydrogen-bond acceptors (Lipinski definition) is 5. The first-order chi connectivity index (χ1) is 10.2. The van der Waals surface area contributed by atoms with Gasteiger partial charge in [0.25, 0.3) is 0 Å². The van der Waals surface area contributed by atoms with Gasteiger partial charge in [0.15, 0.2) is 4.34 Å². The van der Waals surface area contributed by atoms with Gasteiger partial charge < -0.3 is 10.4 Å². The zero-order valence-corrected chi connectivity index (χ0v) is 13.3. The molecule has 21 heavy (non-hydrogen) atoms. The molecule has 2 N–H and O–H groups in total. The summed E-state index contributed by atoms with van der Waals surface area (Å²) in [6.07, 6.45) is 3.39. The Morgan fingerprint density at radius 1 is 1.38 bits per heavy atom. The molecule has 2 aromatic rings. The van der Waals surface area contributed by atoms with E-state index in [9.17, 15) is 9.90 Å². The van der Waals surface area contributed by atoms with Gasteiger partial charge in [0.2, 0.25) is 5.91 Å². The topological polar surface area (TPSA) is 62.2 Å². The van der Waals surface area contributed by atoms with Crippen LogP contribution in [0.1, 0.15) is 25.7 Å². The zero-order chi connectivity index (χ0) is 14.7. The quantitative estimate of drug-likeness (QED) is 0.850. The van der Waals surface area contributed by atoms with Crippen molar-refractivity contribution >= 4 is 39.2 Å². The van der Waals surface area contributed by atoms with E-state index in [1.165, 1.54) is 11.8 Å². The van der Waals surface area contributed by atoms with Crippen LogP contribution in [0.3, 0.4) is 0 Å². The van der Waals surface area contributed by atoms with Crippen LogP contribution in [-0.4, -0.2) is 33.9 Å². The number of para-hydroxylation sites is 1. The summed E-state index contributed by atoms with van der Waals surface area (Å²) in [5, 5.41) is 12.8. The Morgan fingerprint density at radius 2 is 2.19 bits per heavy atom. The fourth-order valence-electron chi connectivity index (χ4n) is 2.57. The summed E-state index contributed by atoms with van der Waals surface area (Å²) in [6, 6.07) is 7.89. The Hall–Kier alpha value is -1.11. The van der Waals surface area contributed by atoms with E-state index in [-0.39, 0.29) is 11.9 Å². The van der Waals surface area contributed by atoms with Crippen LogP contribution in [0.25, 0.3) is 10.2 Å². The molecule has 0 bridgehead atoms. The van der Waals surface area contributed by atoms with Crippen LogP contribution in [0.15, 0.2) is 28.6 Å². The first-order valence-electron chi connectivity index (χ1n) is 7.18. The molecule has 2 atom stereocenters. The molecule has 1 aromatic heterocycles. The summed E-state index contributed by atoms with van der Waals surface area (Å²) in [5.41, 5.74) is 0.980. The second kappa shape index (κ2) is 6.77. The molecule has 1 amide bonds. The highest BCUT2D eigenvalue weighted by atomic mass is 32.2. The van der Waals surface area contributed by atoms with Crippen molar-refractivity contribution in [3.8, 4) is 0 Å². The van der Waals surface area contributed by atoms with E-state index in [2.05, 4.69) is 10.3 Å². The van der Waals surface area contributed by atoms with Crippen LogP contribution in [0, 0.1) is 0 Å². The summed E-state index contributed by atoms with van der Waals surface area (Å²) >= 11 is 3.07. The molecule has 1 aliphatic carbocycles. The third-order valence-electron chi connectivity index (χ3n) is 3.68. The van der Waals surface area contributed by atoms with Crippen molar-refractivity contribution in [1.82, 2.24) is 10.3 Å². The van der Waals surface area contributed by atoms with E-state index in [4.69, 9.17) is 0 Å². The Kier molecular flexibility index (Phi) is 4.77. The van der Waals surface area contributed by atoms with E-state index >= 15 is 0 Å². The molecule has 1 aromatic carbocycles. The number of aliphatic hydroxyl groups is 1. The molecular formula is C15H18N2O2S2. The summed E-state index contributed by atoms with van der Waals surface area (Å²) in [6.45, 7) is 0. The minimum Gasteiger partial charge on any atom is -0.391 e. The highest BCUT2D eigenvalue weighted by molar-refractivity contribution is 8.01. The molecule has 6 heteroatoms. The number of aromatic nitrogens is 1. The molecule has 1 saturated carbocycles. The minimum atomic E-state index is -0.393. The van der Waals surface area contributed by atoms with Gasteiger partial charge in [-0.25, -0.2) is 4.98 Å². The highest BCUT2D eigenvalue weighted by Crippen LogP contribution is 2.29. The smallest absolute Gasteiger partial charge is 0.230 e. The third kappa shape index (κ3) is 3.75. The molecule has 0 unspecified atom stereocenters. The predicted molar refractivity (Wildman–Crippen MR) is 86.7 cm³/mol. The van der Waals surface area contributed by atoms with Gasteiger partial charge in [0, 0.05) is 0 Å². The van der Waals surface area contributed by atoms with Gasteiger partial charge >= 0.3 is 0 Å². The van der Waals surface area contributed by atoms with Crippen LogP contribution < -0.4 is 5.32 Å². The van der Waals surface area contributed by atoms with Gasteiger partial charge in [-0.15, -0.1) is 11.3 Å². The molecule has 1 fully saturated rings. The maximum Gasteiger partial charge on any atom is 0.230 e. The van der Waals surface area contributed by atoms with Crippen molar-refractivity contribution in [2.75, 3.05) is 5.75 Å². The number of nitrogens with zero attached hydrogens (tertiary/aromatic N) is 1. The van der Waals surface area contributed by atoms with Gasteiger partial charge in [0.1, 0.15) is 0 Å². The zero-order valence-electron chi connectivity index (χ0n) is 11.6. The Labute approximate surface area is 132 Å². The van der Waals surface area contributed by atoms with Gasteiger partial charge in [-0.05, 0) is 25.0 Å². The predicted octanol–water partition coefficient (Wildman–Crippen LogP) is 2.81. The van der Waals surface area contributed by atoms with Gasteiger partial charge in [-0.2, -0.15) is 0 Å². The summed E-state index contributed by atoms with van der Waals surface area (Å²) in [4.78, 5) is 16.5. The second-order valence-corrected chi connectivity index (χ2v) is 7.52. The lowest BCUT2D eigenvalue weighted by atomic mass is 9.93. The van der Waals surface area contributed by atoms with Crippen LogP contribution >= 0.6 is 23.1 Å². The molecule has 4 nitrogen and oxygen atoms in total. The molecular weight excluding hydrogens is 304 g/mol. The highest BCUT2D eigenvalue weighted by Gasteiger charge is 2.24. The van der Waals surface area contributed by atoms with Crippen molar-refractivity contribution in [3.05, 3.63) is 24.3 Å². The molecule has 0 saturated heterocycles. The van der Waals surface area contributed by atoms with E-state index < -0.39 is 6.10 Å². The minimum absolute atomic E-state index is 0.0230. The molecule has 0 radical (unpaired) electrons. The fourth-order valence-corrected chi connectivity index (χ4v) is 4.45. The number of fused-ring (bicyclic) bond motifs is 1. The lowest BCUT2D eigenvalue weighted by Gasteiger charge is -2.28. The van der Waals surface area contributed by atoms with Crippen LogP contribution in [-0.2, 0) is 4.79 Å². The Balaban J connectivity index is 1.53. The third-order valence-corrected chi connectivity index (χ3v) is 5.86. The average Bonchev–Trinajstić information content (AvgIpc) is 2.90. The van der Waals surface area contributed by atoms with E-state index in [1.807, 2.05) is 24.3 Å². The van der Waals surface area contributed by atoms with Gasteiger partial charge in [-0.1, -0.05) is 36.7 Å². The number of aliphatic hydroxyl groups excluding tert-OH is 1. The number of thioether (sulfide) groups is 1. The standard InChI is InChI=1S/C15H18N2O2S2/c18-12-7-3-1-5-10(12)16-14(19)9-20-15-17-11-6-2-4-8-13(11)21-15/h2,4,6,8,10,12,18H,1,3,5,7,9H2,(H,16,19)/t10-,12-/m1/s1. The summed E-state index contributed by atoms with van der Waals surface area (Å²) < 4.78 is 2.05.